The molecule has 8 heteroatoms. The van der Waals surface area contributed by atoms with Gasteiger partial charge < -0.3 is 15.0 Å². The Morgan fingerprint density at radius 2 is 1.89 bits per heavy atom. The van der Waals surface area contributed by atoms with E-state index in [-0.39, 0.29) is 11.8 Å². The van der Waals surface area contributed by atoms with Crippen molar-refractivity contribution in [3.05, 3.63) is 42.6 Å². The number of ether oxygens (including phenoxy) is 1. The minimum atomic E-state index is -0.694. The first-order chi connectivity index (χ1) is 16.7. The van der Waals surface area contributed by atoms with Crippen molar-refractivity contribution < 1.29 is 14.3 Å². The van der Waals surface area contributed by atoms with Crippen LogP contribution in [0.1, 0.15) is 53.4 Å². The van der Waals surface area contributed by atoms with Gasteiger partial charge >= 0.3 is 6.09 Å². The predicted octanol–water partition coefficient (Wildman–Crippen LogP) is 5.33. The molecule has 1 fully saturated rings. The Hall–Kier alpha value is -3.26. The van der Waals surface area contributed by atoms with Crippen molar-refractivity contribution in [2.24, 2.45) is 5.92 Å². The highest BCUT2D eigenvalue weighted by Gasteiger charge is 2.25. The molecule has 4 rings (SSSR count). The van der Waals surface area contributed by atoms with Crippen LogP contribution in [0.15, 0.2) is 42.6 Å². The van der Waals surface area contributed by atoms with Gasteiger partial charge in [-0.25, -0.2) is 4.79 Å². The van der Waals surface area contributed by atoms with Crippen molar-refractivity contribution in [2.45, 2.75) is 59.0 Å². The number of pyridine rings is 1. The fourth-order valence-electron chi connectivity index (χ4n) is 4.23. The predicted molar refractivity (Wildman–Crippen MR) is 137 cm³/mol. The minimum absolute atomic E-state index is 0.138. The molecule has 2 aromatic heterocycles. The molecular formula is C27H35N5O3. The fraction of sp³-hybridized carbons (Fsp3) is 0.481. The molecule has 1 aliphatic heterocycles. The number of carbonyl (C=O) groups excluding carboxylic acids is 2. The molecule has 1 aromatic carbocycles. The van der Waals surface area contributed by atoms with Crippen molar-refractivity contribution >= 4 is 28.7 Å². The monoisotopic (exact) mass is 477 g/mol. The van der Waals surface area contributed by atoms with E-state index >= 15 is 0 Å². The molecule has 8 nitrogen and oxygen atoms in total. The van der Waals surface area contributed by atoms with Gasteiger partial charge in [0.05, 0.1) is 11.2 Å². The largest absolute Gasteiger partial charge is 0.442 e. The van der Waals surface area contributed by atoms with E-state index in [9.17, 15) is 9.59 Å². The van der Waals surface area contributed by atoms with Crippen LogP contribution >= 0.6 is 0 Å². The summed E-state index contributed by atoms with van der Waals surface area (Å²) in [6, 6.07) is 11.4. The van der Waals surface area contributed by atoms with Crippen molar-refractivity contribution in [3.63, 3.8) is 0 Å². The van der Waals surface area contributed by atoms with Gasteiger partial charge in [0.1, 0.15) is 11.4 Å². The third-order valence-electron chi connectivity index (χ3n) is 6.20. The molecule has 1 N–H and O–H groups in total. The topological polar surface area (TPSA) is 89.4 Å². The van der Waals surface area contributed by atoms with E-state index in [2.05, 4.69) is 20.3 Å². The molecule has 0 saturated carbocycles. The first kappa shape index (κ1) is 24.9. The Kier molecular flexibility index (Phi) is 7.50. The van der Waals surface area contributed by atoms with E-state index in [0.29, 0.717) is 11.5 Å². The standard InChI is InChI=1S/C27H35N5O3/c1-19(12-16-31-14-6-5-7-15-31)25(33)29-24-18-23(30-32(24)26(34)35-27(2,3)4)21-10-11-22-20(17-21)9-8-13-28-22/h8-11,13,17-19H,5-7,12,14-16H2,1-4H3,(H,29,33). The number of benzene rings is 1. The number of carbonyl (C=O) groups is 2. The van der Waals surface area contributed by atoms with Crippen LogP contribution < -0.4 is 5.32 Å². The van der Waals surface area contributed by atoms with Crippen LogP contribution in [-0.4, -0.2) is 56.9 Å². The van der Waals surface area contributed by atoms with Crippen LogP contribution in [0.3, 0.4) is 0 Å². The Balaban J connectivity index is 1.55. The SMILES string of the molecule is CC(CCN1CCCCC1)C(=O)Nc1cc(-c2ccc3ncccc3c2)nn1C(=O)OC(C)(C)C. The highest BCUT2D eigenvalue weighted by Crippen LogP contribution is 2.26. The molecule has 3 heterocycles. The van der Waals surface area contributed by atoms with E-state index in [0.717, 1.165) is 47.2 Å². The number of hydrogen-bond acceptors (Lipinski definition) is 6. The summed E-state index contributed by atoms with van der Waals surface area (Å²) in [5.74, 6) is -0.0366. The number of hydrogen-bond donors (Lipinski definition) is 1. The molecule has 35 heavy (non-hydrogen) atoms. The first-order valence-corrected chi connectivity index (χ1v) is 12.4. The van der Waals surface area contributed by atoms with Crippen molar-refractivity contribution in [2.75, 3.05) is 25.0 Å². The van der Waals surface area contributed by atoms with Crippen LogP contribution in [0.25, 0.3) is 22.2 Å². The Bertz CT molecular complexity index is 1190. The number of piperidine rings is 1. The first-order valence-electron chi connectivity index (χ1n) is 12.4. The molecule has 186 valence electrons. The van der Waals surface area contributed by atoms with E-state index < -0.39 is 11.7 Å². The van der Waals surface area contributed by atoms with Gasteiger partial charge in [0.2, 0.25) is 5.91 Å². The lowest BCUT2D eigenvalue weighted by atomic mass is 10.1. The lowest BCUT2D eigenvalue weighted by molar-refractivity contribution is -0.119. The number of fused-ring (bicyclic) bond motifs is 1. The molecule has 0 radical (unpaired) electrons. The molecule has 0 spiro atoms. The summed E-state index contributed by atoms with van der Waals surface area (Å²) >= 11 is 0. The maximum atomic E-state index is 13.0. The molecule has 3 aromatic rings. The Morgan fingerprint density at radius 3 is 2.63 bits per heavy atom. The van der Waals surface area contributed by atoms with Gasteiger partial charge in [-0.1, -0.05) is 25.5 Å². The number of nitrogens with zero attached hydrogens (tertiary/aromatic N) is 4. The summed E-state index contributed by atoms with van der Waals surface area (Å²) in [4.78, 5) is 32.7. The van der Waals surface area contributed by atoms with Gasteiger partial charge in [-0.05, 0) is 77.9 Å². The van der Waals surface area contributed by atoms with E-state index in [1.54, 1.807) is 33.0 Å². The summed E-state index contributed by atoms with van der Waals surface area (Å²) in [6.07, 6.45) is 5.61. The van der Waals surface area contributed by atoms with Crippen LogP contribution in [0.4, 0.5) is 10.6 Å². The lowest BCUT2D eigenvalue weighted by Crippen LogP contribution is -2.33. The van der Waals surface area contributed by atoms with E-state index in [1.807, 2.05) is 37.3 Å². The van der Waals surface area contributed by atoms with E-state index in [4.69, 9.17) is 4.74 Å². The number of amides is 1. The summed E-state index contributed by atoms with van der Waals surface area (Å²) in [6.45, 7) is 10.4. The zero-order valence-corrected chi connectivity index (χ0v) is 21.1. The normalized spacial score (nSPS) is 15.7. The van der Waals surface area contributed by atoms with Gasteiger partial charge in [-0.2, -0.15) is 5.10 Å². The van der Waals surface area contributed by atoms with Crippen molar-refractivity contribution in [1.29, 1.82) is 0 Å². The van der Waals surface area contributed by atoms with Crippen LogP contribution in [0.2, 0.25) is 0 Å². The number of likely N-dealkylation sites (tertiary alicyclic amines) is 1. The number of rotatable bonds is 6. The van der Waals surface area contributed by atoms with Gasteiger partial charge in [0, 0.05) is 29.1 Å². The van der Waals surface area contributed by atoms with Crippen LogP contribution in [0.5, 0.6) is 0 Å². The quantitative estimate of drug-likeness (QED) is 0.516. The van der Waals surface area contributed by atoms with Crippen LogP contribution in [-0.2, 0) is 9.53 Å². The summed E-state index contributed by atoms with van der Waals surface area (Å²) < 4.78 is 6.69. The van der Waals surface area contributed by atoms with Crippen molar-refractivity contribution in [3.8, 4) is 11.3 Å². The number of nitrogens with one attached hydrogen (secondary N) is 1. The summed E-state index contributed by atoms with van der Waals surface area (Å²) in [5, 5.41) is 8.39. The highest BCUT2D eigenvalue weighted by molar-refractivity contribution is 5.94. The second-order valence-electron chi connectivity index (χ2n) is 10.3. The Labute approximate surface area is 206 Å². The molecule has 1 saturated heterocycles. The Morgan fingerprint density at radius 1 is 1.11 bits per heavy atom. The maximum Gasteiger partial charge on any atom is 0.437 e. The van der Waals surface area contributed by atoms with Gasteiger partial charge in [-0.15, -0.1) is 4.68 Å². The maximum absolute atomic E-state index is 13.0. The molecule has 1 aliphatic rings. The fourth-order valence-corrected chi connectivity index (χ4v) is 4.23. The molecule has 0 aliphatic carbocycles. The summed E-state index contributed by atoms with van der Waals surface area (Å²) in [5.41, 5.74) is 1.57. The van der Waals surface area contributed by atoms with E-state index in [1.165, 1.54) is 19.3 Å². The molecule has 1 amide bonds. The van der Waals surface area contributed by atoms with Gasteiger partial charge in [-0.3, -0.25) is 9.78 Å². The smallest absolute Gasteiger partial charge is 0.437 e. The van der Waals surface area contributed by atoms with Crippen molar-refractivity contribution in [1.82, 2.24) is 19.7 Å². The third kappa shape index (κ3) is 6.45. The molecule has 1 unspecified atom stereocenters. The minimum Gasteiger partial charge on any atom is -0.442 e. The second kappa shape index (κ2) is 10.6. The zero-order chi connectivity index (χ0) is 25.0. The second-order valence-corrected chi connectivity index (χ2v) is 10.3. The zero-order valence-electron chi connectivity index (χ0n) is 21.1. The molecular weight excluding hydrogens is 442 g/mol. The highest BCUT2D eigenvalue weighted by atomic mass is 16.6. The molecule has 0 bridgehead atoms. The average Bonchev–Trinajstić information content (AvgIpc) is 3.25. The number of anilines is 1. The lowest BCUT2D eigenvalue weighted by Gasteiger charge is -2.27. The third-order valence-corrected chi connectivity index (χ3v) is 6.20. The average molecular weight is 478 g/mol. The van der Waals surface area contributed by atoms with Crippen LogP contribution in [0, 0.1) is 5.92 Å². The van der Waals surface area contributed by atoms with Gasteiger partial charge in [0.25, 0.3) is 0 Å². The summed E-state index contributed by atoms with van der Waals surface area (Å²) in [7, 11) is 0. The molecule has 1 atom stereocenters. The number of aromatic nitrogens is 3. The van der Waals surface area contributed by atoms with Gasteiger partial charge in [0.15, 0.2) is 0 Å².